The highest BCUT2D eigenvalue weighted by Crippen LogP contribution is 2.27. The number of rotatable bonds is 3. The second-order valence-corrected chi connectivity index (χ2v) is 5.90. The van der Waals surface area contributed by atoms with E-state index in [1.165, 1.54) is 37.9 Å². The van der Waals surface area contributed by atoms with E-state index in [2.05, 4.69) is 14.8 Å². The maximum atomic E-state index is 10.9. The molecule has 114 valence electrons. The van der Waals surface area contributed by atoms with Crippen molar-refractivity contribution in [3.05, 3.63) is 17.8 Å². The summed E-state index contributed by atoms with van der Waals surface area (Å²) in [6.07, 6.45) is 6.75. The van der Waals surface area contributed by atoms with Gasteiger partial charge in [-0.2, -0.15) is 0 Å². The average Bonchev–Trinajstić information content (AvgIpc) is 3.01. The molecule has 6 heteroatoms. The van der Waals surface area contributed by atoms with Gasteiger partial charge in [0, 0.05) is 38.4 Å². The highest BCUT2D eigenvalue weighted by atomic mass is 16.4. The summed E-state index contributed by atoms with van der Waals surface area (Å²) in [6, 6.07) is 2.25. The van der Waals surface area contributed by atoms with E-state index < -0.39 is 5.97 Å². The Morgan fingerprint density at radius 3 is 2.48 bits per heavy atom. The lowest BCUT2D eigenvalue weighted by molar-refractivity contribution is 0.0696. The quantitative estimate of drug-likeness (QED) is 0.876. The van der Waals surface area contributed by atoms with E-state index in [4.69, 9.17) is 10.8 Å². The summed E-state index contributed by atoms with van der Waals surface area (Å²) in [5.74, 6) is -0.280. The molecule has 0 spiro atoms. The van der Waals surface area contributed by atoms with E-state index in [0.29, 0.717) is 11.5 Å². The van der Waals surface area contributed by atoms with Crippen LogP contribution >= 0.6 is 0 Å². The fraction of sp³-hybridized carbons (Fsp3) is 0.600. The molecule has 2 fully saturated rings. The number of hydrogen-bond acceptors (Lipinski definition) is 5. The SMILES string of the molecule is Nc1cc(C(=O)O)cnc1N1CCN(C2CCCC2)CC1. The van der Waals surface area contributed by atoms with Gasteiger partial charge in [0.25, 0.3) is 0 Å². The van der Waals surface area contributed by atoms with Crippen molar-refractivity contribution in [3.63, 3.8) is 0 Å². The fourth-order valence-corrected chi connectivity index (χ4v) is 3.42. The smallest absolute Gasteiger partial charge is 0.337 e. The molecule has 2 heterocycles. The van der Waals surface area contributed by atoms with Crippen molar-refractivity contribution in [1.82, 2.24) is 9.88 Å². The van der Waals surface area contributed by atoms with Gasteiger partial charge >= 0.3 is 5.97 Å². The van der Waals surface area contributed by atoms with Crippen LogP contribution in [0.4, 0.5) is 11.5 Å². The molecule has 0 amide bonds. The Morgan fingerprint density at radius 2 is 1.90 bits per heavy atom. The van der Waals surface area contributed by atoms with E-state index >= 15 is 0 Å². The van der Waals surface area contributed by atoms with Gasteiger partial charge in [0.05, 0.1) is 11.3 Å². The van der Waals surface area contributed by atoms with E-state index in [1.807, 2.05) is 0 Å². The number of aromatic carboxylic acids is 1. The maximum Gasteiger partial charge on any atom is 0.337 e. The van der Waals surface area contributed by atoms with Crippen LogP contribution in [0.2, 0.25) is 0 Å². The molecule has 0 atom stereocenters. The molecule has 1 saturated heterocycles. The molecule has 1 saturated carbocycles. The van der Waals surface area contributed by atoms with E-state index in [-0.39, 0.29) is 5.56 Å². The van der Waals surface area contributed by atoms with E-state index in [0.717, 1.165) is 32.2 Å². The molecular formula is C15H22N4O2. The minimum atomic E-state index is -0.994. The van der Waals surface area contributed by atoms with Crippen molar-refractivity contribution in [1.29, 1.82) is 0 Å². The molecule has 0 unspecified atom stereocenters. The summed E-state index contributed by atoms with van der Waals surface area (Å²) in [4.78, 5) is 19.9. The monoisotopic (exact) mass is 290 g/mol. The molecule has 21 heavy (non-hydrogen) atoms. The van der Waals surface area contributed by atoms with Crippen LogP contribution in [-0.2, 0) is 0 Å². The van der Waals surface area contributed by atoms with Gasteiger partial charge < -0.3 is 15.7 Å². The van der Waals surface area contributed by atoms with Gasteiger partial charge in [-0.25, -0.2) is 9.78 Å². The third kappa shape index (κ3) is 2.95. The first-order valence-corrected chi connectivity index (χ1v) is 7.63. The second kappa shape index (κ2) is 5.89. The number of nitrogens with two attached hydrogens (primary N) is 1. The molecule has 3 N–H and O–H groups in total. The van der Waals surface area contributed by atoms with Gasteiger partial charge in [0.2, 0.25) is 0 Å². The summed E-state index contributed by atoms with van der Waals surface area (Å²) in [5.41, 5.74) is 6.55. The molecule has 3 rings (SSSR count). The lowest BCUT2D eigenvalue weighted by Gasteiger charge is -2.38. The van der Waals surface area contributed by atoms with Crippen molar-refractivity contribution in [2.75, 3.05) is 36.8 Å². The number of nitrogens with zero attached hydrogens (tertiary/aromatic N) is 3. The predicted octanol–water partition coefficient (Wildman–Crippen LogP) is 1.43. The van der Waals surface area contributed by atoms with E-state index in [1.54, 1.807) is 0 Å². The number of piperazine rings is 1. The number of carbonyl (C=O) groups is 1. The minimum absolute atomic E-state index is 0.140. The third-order valence-electron chi connectivity index (χ3n) is 4.60. The molecule has 1 aliphatic heterocycles. The van der Waals surface area contributed by atoms with Crippen molar-refractivity contribution in [3.8, 4) is 0 Å². The van der Waals surface area contributed by atoms with Crippen molar-refractivity contribution < 1.29 is 9.90 Å². The zero-order valence-electron chi connectivity index (χ0n) is 12.2. The molecule has 2 aliphatic rings. The predicted molar refractivity (Wildman–Crippen MR) is 81.7 cm³/mol. The molecule has 0 bridgehead atoms. The van der Waals surface area contributed by atoms with Crippen LogP contribution in [0.1, 0.15) is 36.0 Å². The van der Waals surface area contributed by atoms with Crippen LogP contribution < -0.4 is 10.6 Å². The maximum absolute atomic E-state index is 10.9. The number of pyridine rings is 1. The zero-order valence-corrected chi connectivity index (χ0v) is 12.2. The van der Waals surface area contributed by atoms with Gasteiger partial charge in [0.1, 0.15) is 0 Å². The van der Waals surface area contributed by atoms with Gasteiger partial charge in [0.15, 0.2) is 5.82 Å². The minimum Gasteiger partial charge on any atom is -0.478 e. The van der Waals surface area contributed by atoms with E-state index in [9.17, 15) is 4.79 Å². The molecule has 1 aromatic heterocycles. The highest BCUT2D eigenvalue weighted by molar-refractivity contribution is 5.89. The Labute approximate surface area is 124 Å². The van der Waals surface area contributed by atoms with Crippen LogP contribution in [0.5, 0.6) is 0 Å². The lowest BCUT2D eigenvalue weighted by atomic mass is 10.1. The molecule has 1 aliphatic carbocycles. The van der Waals surface area contributed by atoms with Crippen LogP contribution in [0, 0.1) is 0 Å². The zero-order chi connectivity index (χ0) is 14.8. The second-order valence-electron chi connectivity index (χ2n) is 5.90. The topological polar surface area (TPSA) is 82.7 Å². The standard InChI is InChI=1S/C15H22N4O2/c16-13-9-11(15(20)21)10-17-14(13)19-7-5-18(6-8-19)12-3-1-2-4-12/h9-10,12H,1-8,16H2,(H,20,21). The van der Waals surface area contributed by atoms with Crippen LogP contribution in [0.25, 0.3) is 0 Å². The summed E-state index contributed by atoms with van der Waals surface area (Å²) >= 11 is 0. The van der Waals surface area contributed by atoms with Crippen molar-refractivity contribution >= 4 is 17.5 Å². The molecule has 0 radical (unpaired) electrons. The van der Waals surface area contributed by atoms with Crippen molar-refractivity contribution in [2.45, 2.75) is 31.7 Å². The first-order chi connectivity index (χ1) is 10.1. The molecule has 0 aromatic carbocycles. The normalized spacial score (nSPS) is 20.9. The first-order valence-electron chi connectivity index (χ1n) is 7.63. The van der Waals surface area contributed by atoms with Crippen LogP contribution in [0.3, 0.4) is 0 Å². The summed E-state index contributed by atoms with van der Waals surface area (Å²) in [6.45, 7) is 3.87. The number of hydrogen-bond donors (Lipinski definition) is 2. The lowest BCUT2D eigenvalue weighted by Crippen LogP contribution is -2.50. The number of carboxylic acids is 1. The Hall–Kier alpha value is -1.82. The summed E-state index contributed by atoms with van der Waals surface area (Å²) < 4.78 is 0. The van der Waals surface area contributed by atoms with Crippen LogP contribution in [0.15, 0.2) is 12.3 Å². The Bertz CT molecular complexity index is 520. The van der Waals surface area contributed by atoms with Gasteiger partial charge in [-0.05, 0) is 18.9 Å². The Morgan fingerprint density at radius 1 is 1.24 bits per heavy atom. The Kier molecular flexibility index (Phi) is 3.96. The number of carboxylic acid groups (broad SMARTS) is 1. The van der Waals surface area contributed by atoms with Gasteiger partial charge in [-0.1, -0.05) is 12.8 Å². The number of nitrogen functional groups attached to an aromatic ring is 1. The number of aromatic nitrogens is 1. The van der Waals surface area contributed by atoms with Gasteiger partial charge in [-0.3, -0.25) is 4.90 Å². The van der Waals surface area contributed by atoms with Crippen LogP contribution in [-0.4, -0.2) is 53.2 Å². The molecule has 6 nitrogen and oxygen atoms in total. The first kappa shape index (κ1) is 14.1. The average molecular weight is 290 g/mol. The Balaban J connectivity index is 1.65. The third-order valence-corrected chi connectivity index (χ3v) is 4.60. The highest BCUT2D eigenvalue weighted by Gasteiger charge is 2.27. The van der Waals surface area contributed by atoms with Gasteiger partial charge in [-0.15, -0.1) is 0 Å². The van der Waals surface area contributed by atoms with Crippen molar-refractivity contribution in [2.24, 2.45) is 0 Å². The summed E-state index contributed by atoms with van der Waals surface area (Å²) in [7, 11) is 0. The molecule has 1 aromatic rings. The number of anilines is 2. The summed E-state index contributed by atoms with van der Waals surface area (Å²) in [5, 5.41) is 8.95. The largest absolute Gasteiger partial charge is 0.478 e. The fourth-order valence-electron chi connectivity index (χ4n) is 3.42. The molecular weight excluding hydrogens is 268 g/mol.